The topological polar surface area (TPSA) is 237 Å². The molecule has 0 fully saturated rings. The predicted octanol–water partition coefficient (Wildman–Crippen LogP) is 23.7. The van der Waals surface area contributed by atoms with E-state index in [2.05, 4.69) is 137 Å². The molecule has 0 bridgehead atoms. The molecule has 596 valence electrons. The van der Waals surface area contributed by atoms with Gasteiger partial charge in [-0.15, -0.1) is 0 Å². The van der Waals surface area contributed by atoms with Gasteiger partial charge in [-0.1, -0.05) is 277 Å². The van der Waals surface area contributed by atoms with E-state index in [1.807, 2.05) is 24.3 Å². The molecule has 0 rings (SSSR count). The second kappa shape index (κ2) is 76.4. The van der Waals surface area contributed by atoms with Gasteiger partial charge in [0.25, 0.3) is 0 Å². The van der Waals surface area contributed by atoms with Crippen LogP contribution in [0.1, 0.15) is 323 Å². The quantitative estimate of drug-likeness (QED) is 0.0128. The van der Waals surface area contributed by atoms with Crippen LogP contribution >= 0.6 is 15.6 Å². The van der Waals surface area contributed by atoms with Crippen molar-refractivity contribution in [1.29, 1.82) is 0 Å². The van der Waals surface area contributed by atoms with Crippen molar-refractivity contribution >= 4 is 39.5 Å². The Hall–Kier alpha value is -4.80. The predicted molar refractivity (Wildman–Crippen MR) is 427 cm³/mol. The van der Waals surface area contributed by atoms with Gasteiger partial charge < -0.3 is 33.8 Å². The minimum atomic E-state index is -5.00. The first kappa shape index (κ1) is 99.2. The number of ether oxygens (including phenoxy) is 4. The van der Waals surface area contributed by atoms with Gasteiger partial charge in [0.2, 0.25) is 0 Å². The summed E-state index contributed by atoms with van der Waals surface area (Å²) in [5.41, 5.74) is 0. The van der Waals surface area contributed by atoms with E-state index in [1.165, 1.54) is 103 Å². The Morgan fingerprint density at radius 3 is 0.865 bits per heavy atom. The SMILES string of the molecule is CCCCC/C=C\C/C=C\C/C=C\C/C=C\CCCC(=O)OC[C@H](COP(=O)(O)OC[C@@H](O)COP(=O)(O)OC[C@@H](COC(=O)CCCCCCC/C=C\C=C/CCCCCC)OC(=O)CCC/C=C\C/C=C\C/C=C\C/C=C\CCCCC)OC(=O)CCCCCCC/C=C\CCCCCCCC. The molecule has 0 aliphatic carbocycles. The van der Waals surface area contributed by atoms with E-state index < -0.39 is 97.5 Å². The van der Waals surface area contributed by atoms with Crippen LogP contribution in [0.25, 0.3) is 0 Å². The lowest BCUT2D eigenvalue weighted by Crippen LogP contribution is -2.30. The van der Waals surface area contributed by atoms with E-state index in [9.17, 15) is 43.2 Å². The minimum Gasteiger partial charge on any atom is -0.462 e. The lowest BCUT2D eigenvalue weighted by molar-refractivity contribution is -0.161. The Morgan fingerprint density at radius 1 is 0.279 bits per heavy atom. The molecule has 104 heavy (non-hydrogen) atoms. The number of allylic oxidation sites excluding steroid dienone is 22. The Labute approximate surface area is 631 Å². The van der Waals surface area contributed by atoms with Crippen molar-refractivity contribution in [1.82, 2.24) is 0 Å². The van der Waals surface area contributed by atoms with Crippen molar-refractivity contribution in [2.75, 3.05) is 39.6 Å². The van der Waals surface area contributed by atoms with Gasteiger partial charge in [-0.25, -0.2) is 9.13 Å². The maximum Gasteiger partial charge on any atom is 0.472 e. The number of rotatable bonds is 75. The van der Waals surface area contributed by atoms with E-state index >= 15 is 0 Å². The second-order valence-corrected chi connectivity index (χ2v) is 29.6. The van der Waals surface area contributed by atoms with Crippen molar-refractivity contribution in [2.45, 2.75) is 341 Å². The first-order valence-corrected chi connectivity index (χ1v) is 43.4. The number of aliphatic hydroxyl groups is 1. The lowest BCUT2D eigenvalue weighted by atomic mass is 10.1. The molecular formula is C85H144O17P2. The molecule has 0 aliphatic rings. The smallest absolute Gasteiger partial charge is 0.462 e. The maximum absolute atomic E-state index is 13.1. The molecule has 0 saturated carbocycles. The Bertz CT molecular complexity index is 2490. The molecule has 0 heterocycles. The van der Waals surface area contributed by atoms with Gasteiger partial charge in [0, 0.05) is 25.7 Å². The molecule has 0 radical (unpaired) electrons. The van der Waals surface area contributed by atoms with Crippen LogP contribution in [0.3, 0.4) is 0 Å². The highest BCUT2D eigenvalue weighted by atomic mass is 31.2. The largest absolute Gasteiger partial charge is 0.472 e. The number of aliphatic hydroxyl groups excluding tert-OH is 1. The van der Waals surface area contributed by atoms with E-state index in [0.717, 1.165) is 128 Å². The molecule has 2 unspecified atom stereocenters. The molecular weight excluding hydrogens is 1350 g/mol. The van der Waals surface area contributed by atoms with E-state index in [-0.39, 0.29) is 25.7 Å². The Balaban J connectivity index is 5.49. The summed E-state index contributed by atoms with van der Waals surface area (Å²) in [4.78, 5) is 73.0. The van der Waals surface area contributed by atoms with Crippen molar-refractivity contribution in [3.05, 3.63) is 134 Å². The van der Waals surface area contributed by atoms with Crippen LogP contribution in [0.2, 0.25) is 0 Å². The summed E-state index contributed by atoms with van der Waals surface area (Å²) < 4.78 is 68.5. The number of carbonyl (C=O) groups is 4. The fraction of sp³-hybridized carbons (Fsp3) is 0.694. The molecule has 0 aromatic heterocycles. The number of hydrogen-bond acceptors (Lipinski definition) is 15. The van der Waals surface area contributed by atoms with Gasteiger partial charge in [0.15, 0.2) is 12.2 Å². The summed E-state index contributed by atoms with van der Waals surface area (Å²) in [5, 5.41) is 10.6. The first-order chi connectivity index (χ1) is 50.7. The Morgan fingerprint density at radius 2 is 0.510 bits per heavy atom. The van der Waals surface area contributed by atoms with Crippen molar-refractivity contribution < 1.29 is 80.2 Å². The molecule has 0 aromatic carbocycles. The van der Waals surface area contributed by atoms with Gasteiger partial charge in [-0.3, -0.25) is 37.3 Å². The maximum atomic E-state index is 13.1. The normalized spacial score (nSPS) is 14.6. The Kier molecular flexibility index (Phi) is 72.9. The molecule has 0 aliphatic heterocycles. The second-order valence-electron chi connectivity index (χ2n) is 26.7. The molecule has 5 atom stereocenters. The summed E-state index contributed by atoms with van der Waals surface area (Å²) in [7, 11) is -10.0. The lowest BCUT2D eigenvalue weighted by Gasteiger charge is -2.21. The molecule has 19 heteroatoms. The van der Waals surface area contributed by atoms with Gasteiger partial charge in [-0.2, -0.15) is 0 Å². The van der Waals surface area contributed by atoms with E-state index in [0.29, 0.717) is 38.5 Å². The third-order valence-electron chi connectivity index (χ3n) is 16.6. The van der Waals surface area contributed by atoms with Gasteiger partial charge in [-0.05, 0) is 154 Å². The highest BCUT2D eigenvalue weighted by molar-refractivity contribution is 7.47. The van der Waals surface area contributed by atoms with Crippen LogP contribution in [0.15, 0.2) is 134 Å². The molecule has 0 saturated heterocycles. The standard InChI is InChI=1S/C85H144O17P2/c1-5-9-13-17-21-25-29-33-37-39-43-46-50-54-58-62-66-70-83(88)96-76-80(101-84(89)71-67-63-59-55-51-47-42-36-32-28-24-20-16-12-8-4)77-99-103(91,92)97-73-79(86)74-98-104(93,94)100-78-81(75-95-82(87)69-65-61-57-53-49-45-41-35-31-27-23-19-15-11-7-3)102-85(90)72-68-64-60-56-52-48-44-40-38-34-30-26-22-18-14-10-6-2/h21-22,25-27,31,33-38,41-44,46,48,54,56,58,60,79-81,86H,5-20,23-24,28-30,32,39-40,45,47,49-53,55,57,59,61-78H2,1-4H3,(H,91,92)(H,93,94)/b25-21-,26-22-,31-27-,37-33-,38-34-,41-35-,42-36-,46-43-,48-44-,58-54-,60-56-/t79-,80-,81-/m1/s1. The van der Waals surface area contributed by atoms with Crippen molar-refractivity contribution in [2.24, 2.45) is 0 Å². The summed E-state index contributed by atoms with van der Waals surface area (Å²) >= 11 is 0. The van der Waals surface area contributed by atoms with Crippen LogP contribution in [0, 0.1) is 0 Å². The van der Waals surface area contributed by atoms with Crippen LogP contribution in [0.5, 0.6) is 0 Å². The van der Waals surface area contributed by atoms with Gasteiger partial charge in [0.1, 0.15) is 19.3 Å². The molecule has 3 N–H and O–H groups in total. The number of esters is 4. The first-order valence-electron chi connectivity index (χ1n) is 40.4. The average molecular weight is 1500 g/mol. The average Bonchev–Trinajstić information content (AvgIpc) is 0.909. The molecule has 0 amide bonds. The zero-order chi connectivity index (χ0) is 76.0. The fourth-order valence-electron chi connectivity index (χ4n) is 10.4. The summed E-state index contributed by atoms with van der Waals surface area (Å²) in [5.74, 6) is -2.33. The number of hydrogen-bond donors (Lipinski definition) is 3. The highest BCUT2D eigenvalue weighted by Crippen LogP contribution is 2.45. The van der Waals surface area contributed by atoms with Crippen LogP contribution in [-0.2, 0) is 65.4 Å². The summed E-state index contributed by atoms with van der Waals surface area (Å²) in [6, 6.07) is 0. The van der Waals surface area contributed by atoms with Crippen LogP contribution in [-0.4, -0.2) is 96.7 Å². The highest BCUT2D eigenvalue weighted by Gasteiger charge is 2.30. The van der Waals surface area contributed by atoms with Crippen molar-refractivity contribution in [3.8, 4) is 0 Å². The number of carbonyl (C=O) groups excluding carboxylic acids is 4. The number of phosphoric acid groups is 2. The monoisotopic (exact) mass is 1500 g/mol. The molecule has 17 nitrogen and oxygen atoms in total. The number of phosphoric ester groups is 2. The van der Waals surface area contributed by atoms with E-state index in [4.69, 9.17) is 37.0 Å². The zero-order valence-electron chi connectivity index (χ0n) is 65.2. The number of unbranched alkanes of at least 4 members (excludes halogenated alkanes) is 28. The summed E-state index contributed by atoms with van der Waals surface area (Å²) in [6.45, 7) is 4.65. The third kappa shape index (κ3) is 75.4. The third-order valence-corrected chi connectivity index (χ3v) is 18.5. The van der Waals surface area contributed by atoms with Gasteiger partial charge >= 0.3 is 39.5 Å². The van der Waals surface area contributed by atoms with E-state index in [1.54, 1.807) is 0 Å². The van der Waals surface area contributed by atoms with Crippen LogP contribution in [0.4, 0.5) is 0 Å². The van der Waals surface area contributed by atoms with Crippen molar-refractivity contribution in [3.63, 3.8) is 0 Å². The molecule has 0 aromatic rings. The zero-order valence-corrected chi connectivity index (χ0v) is 66.9. The fourth-order valence-corrected chi connectivity index (χ4v) is 11.9. The molecule has 0 spiro atoms. The minimum absolute atomic E-state index is 0.0116. The van der Waals surface area contributed by atoms with Crippen LogP contribution < -0.4 is 0 Å². The van der Waals surface area contributed by atoms with Gasteiger partial charge in [0.05, 0.1) is 26.4 Å². The summed E-state index contributed by atoms with van der Waals surface area (Å²) in [6.07, 6.45) is 85.8.